The number of aliphatic hydroxyl groups is 1. The van der Waals surface area contributed by atoms with Gasteiger partial charge in [-0.1, -0.05) is 27.2 Å². The monoisotopic (exact) mass is 313 g/mol. The van der Waals surface area contributed by atoms with Crippen LogP contribution >= 0.6 is 0 Å². The van der Waals surface area contributed by atoms with Crippen LogP contribution in [0, 0.1) is 17.8 Å². The van der Waals surface area contributed by atoms with Crippen molar-refractivity contribution in [1.82, 2.24) is 4.90 Å². The molecule has 1 saturated carbocycles. The zero-order valence-electron chi connectivity index (χ0n) is 15.9. The summed E-state index contributed by atoms with van der Waals surface area (Å²) >= 11 is 0. The molecule has 0 aromatic rings. The van der Waals surface area contributed by atoms with E-state index < -0.39 is 6.10 Å². The van der Waals surface area contributed by atoms with Gasteiger partial charge in [0.25, 0.3) is 0 Å². The maximum Gasteiger partial charge on any atom is 0.0900 e. The lowest BCUT2D eigenvalue weighted by Crippen LogP contribution is -2.44. The fraction of sp³-hybridized carbons (Fsp3) is 1.00. The highest BCUT2D eigenvalue weighted by molar-refractivity contribution is 4.82. The van der Waals surface area contributed by atoms with Crippen LogP contribution < -0.4 is 0 Å². The quantitative estimate of drug-likeness (QED) is 0.736. The van der Waals surface area contributed by atoms with Crippen LogP contribution in [0.25, 0.3) is 0 Å². The van der Waals surface area contributed by atoms with Crippen molar-refractivity contribution in [2.75, 3.05) is 13.2 Å². The van der Waals surface area contributed by atoms with E-state index in [4.69, 9.17) is 4.74 Å². The first-order valence-electron chi connectivity index (χ1n) is 9.27. The number of rotatable bonds is 8. The average Bonchev–Trinajstić information content (AvgIpc) is 2.41. The molecule has 1 fully saturated rings. The summed E-state index contributed by atoms with van der Waals surface area (Å²) in [6.45, 7) is 16.8. The molecule has 1 N–H and O–H groups in total. The van der Waals surface area contributed by atoms with Gasteiger partial charge in [-0.2, -0.15) is 0 Å². The standard InChI is InChI=1S/C19H39NO2/c1-13(2)18-9-8-16(7)10-19(18)22-12-17(21)11-20(14(3)4)15(5)6/h13-19,21H,8-12H2,1-7H3/t16-,17+,18+,19+/m0/s1. The van der Waals surface area contributed by atoms with E-state index in [2.05, 4.69) is 53.4 Å². The van der Waals surface area contributed by atoms with Crippen LogP contribution in [0.4, 0.5) is 0 Å². The summed E-state index contributed by atoms with van der Waals surface area (Å²) in [6.07, 6.45) is 3.66. The molecule has 132 valence electrons. The van der Waals surface area contributed by atoms with Crippen LogP contribution in [-0.2, 0) is 4.74 Å². The van der Waals surface area contributed by atoms with Gasteiger partial charge in [0.2, 0.25) is 0 Å². The van der Waals surface area contributed by atoms with Crippen molar-refractivity contribution in [2.24, 2.45) is 17.8 Å². The summed E-state index contributed by atoms with van der Waals surface area (Å²) in [5, 5.41) is 10.4. The van der Waals surface area contributed by atoms with Gasteiger partial charge in [0.1, 0.15) is 0 Å². The van der Waals surface area contributed by atoms with E-state index in [0.29, 0.717) is 43.2 Å². The summed E-state index contributed by atoms with van der Waals surface area (Å²) in [7, 11) is 0. The molecule has 0 heterocycles. The minimum atomic E-state index is -0.394. The number of nitrogens with zero attached hydrogens (tertiary/aromatic N) is 1. The molecule has 0 aromatic heterocycles. The van der Waals surface area contributed by atoms with Crippen LogP contribution in [0.3, 0.4) is 0 Å². The molecule has 0 aliphatic heterocycles. The van der Waals surface area contributed by atoms with E-state index in [1.165, 1.54) is 12.8 Å². The molecular formula is C19H39NO2. The molecule has 0 aromatic carbocycles. The van der Waals surface area contributed by atoms with Crippen LogP contribution in [-0.4, -0.2) is 47.4 Å². The Bertz CT molecular complexity index is 296. The topological polar surface area (TPSA) is 32.7 Å². The maximum atomic E-state index is 10.4. The van der Waals surface area contributed by atoms with E-state index >= 15 is 0 Å². The van der Waals surface area contributed by atoms with Crippen LogP contribution in [0.15, 0.2) is 0 Å². The van der Waals surface area contributed by atoms with Gasteiger partial charge in [0, 0.05) is 18.6 Å². The van der Waals surface area contributed by atoms with Gasteiger partial charge in [0.05, 0.1) is 18.8 Å². The van der Waals surface area contributed by atoms with Crippen molar-refractivity contribution in [3.05, 3.63) is 0 Å². The SMILES string of the molecule is CC(C)[C@H]1CC[C@H](C)C[C@H]1OC[C@H](O)CN(C(C)C)C(C)C. The minimum absolute atomic E-state index is 0.324. The Morgan fingerprint density at radius 1 is 1.05 bits per heavy atom. The lowest BCUT2D eigenvalue weighted by atomic mass is 9.75. The molecule has 0 saturated heterocycles. The maximum absolute atomic E-state index is 10.4. The van der Waals surface area contributed by atoms with E-state index in [0.717, 1.165) is 12.3 Å². The third kappa shape index (κ3) is 6.17. The molecular weight excluding hydrogens is 274 g/mol. The first kappa shape index (κ1) is 19.9. The van der Waals surface area contributed by atoms with E-state index in [-0.39, 0.29) is 0 Å². The molecule has 3 heteroatoms. The van der Waals surface area contributed by atoms with Gasteiger partial charge in [0.15, 0.2) is 0 Å². The van der Waals surface area contributed by atoms with Gasteiger partial charge in [-0.05, 0) is 58.3 Å². The van der Waals surface area contributed by atoms with Crippen molar-refractivity contribution in [3.63, 3.8) is 0 Å². The Hall–Kier alpha value is -0.120. The van der Waals surface area contributed by atoms with Gasteiger partial charge < -0.3 is 9.84 Å². The molecule has 3 nitrogen and oxygen atoms in total. The third-order valence-electron chi connectivity index (χ3n) is 5.21. The first-order chi connectivity index (χ1) is 10.2. The van der Waals surface area contributed by atoms with Crippen molar-refractivity contribution in [1.29, 1.82) is 0 Å². The summed E-state index contributed by atoms with van der Waals surface area (Å²) < 4.78 is 6.17. The molecule has 1 rings (SSSR count). The minimum Gasteiger partial charge on any atom is -0.389 e. The van der Waals surface area contributed by atoms with Gasteiger partial charge >= 0.3 is 0 Å². The van der Waals surface area contributed by atoms with Crippen molar-refractivity contribution < 1.29 is 9.84 Å². The molecule has 0 unspecified atom stereocenters. The highest BCUT2D eigenvalue weighted by Gasteiger charge is 2.32. The van der Waals surface area contributed by atoms with Crippen molar-refractivity contribution in [2.45, 2.75) is 92.0 Å². The number of hydrogen-bond acceptors (Lipinski definition) is 3. The van der Waals surface area contributed by atoms with E-state index in [1.54, 1.807) is 0 Å². The second kappa shape index (κ2) is 9.24. The lowest BCUT2D eigenvalue weighted by molar-refractivity contribution is -0.0767. The molecule has 4 atom stereocenters. The van der Waals surface area contributed by atoms with E-state index in [9.17, 15) is 5.11 Å². The lowest BCUT2D eigenvalue weighted by Gasteiger charge is -2.38. The van der Waals surface area contributed by atoms with E-state index in [1.807, 2.05) is 0 Å². The summed E-state index contributed by atoms with van der Waals surface area (Å²) in [5.74, 6) is 2.06. The second-order valence-corrected chi connectivity index (χ2v) is 8.24. The predicted molar refractivity (Wildman–Crippen MR) is 94.1 cm³/mol. The Kier molecular flexibility index (Phi) is 8.37. The zero-order valence-corrected chi connectivity index (χ0v) is 15.9. The predicted octanol–water partition coefficient (Wildman–Crippen LogP) is 3.94. The van der Waals surface area contributed by atoms with Gasteiger partial charge in [-0.15, -0.1) is 0 Å². The van der Waals surface area contributed by atoms with Gasteiger partial charge in [-0.25, -0.2) is 0 Å². The van der Waals surface area contributed by atoms with Crippen molar-refractivity contribution >= 4 is 0 Å². The molecule has 22 heavy (non-hydrogen) atoms. The second-order valence-electron chi connectivity index (χ2n) is 8.24. The number of ether oxygens (including phenoxy) is 1. The summed E-state index contributed by atoms with van der Waals surface area (Å²) in [6, 6.07) is 0.903. The molecule has 1 aliphatic rings. The zero-order chi connectivity index (χ0) is 16.9. The Labute approximate surface area is 138 Å². The van der Waals surface area contributed by atoms with Gasteiger partial charge in [-0.3, -0.25) is 4.90 Å². The third-order valence-corrected chi connectivity index (χ3v) is 5.21. The number of aliphatic hydroxyl groups excluding tert-OH is 1. The Morgan fingerprint density at radius 2 is 1.64 bits per heavy atom. The molecule has 0 amide bonds. The highest BCUT2D eigenvalue weighted by Crippen LogP contribution is 2.35. The fourth-order valence-electron chi connectivity index (χ4n) is 3.86. The van der Waals surface area contributed by atoms with Crippen LogP contribution in [0.5, 0.6) is 0 Å². The van der Waals surface area contributed by atoms with Crippen molar-refractivity contribution in [3.8, 4) is 0 Å². The summed E-state index contributed by atoms with van der Waals surface area (Å²) in [5.41, 5.74) is 0. The normalized spacial score (nSPS) is 28.1. The average molecular weight is 314 g/mol. The molecule has 1 aliphatic carbocycles. The fourth-order valence-corrected chi connectivity index (χ4v) is 3.86. The van der Waals surface area contributed by atoms with Crippen LogP contribution in [0.1, 0.15) is 67.7 Å². The van der Waals surface area contributed by atoms with Crippen LogP contribution in [0.2, 0.25) is 0 Å². The number of hydrogen-bond donors (Lipinski definition) is 1. The Balaban J connectivity index is 2.48. The Morgan fingerprint density at radius 3 is 2.14 bits per heavy atom. The largest absolute Gasteiger partial charge is 0.389 e. The smallest absolute Gasteiger partial charge is 0.0900 e. The first-order valence-corrected chi connectivity index (χ1v) is 9.27. The molecule has 0 spiro atoms. The molecule has 0 bridgehead atoms. The molecule has 0 radical (unpaired) electrons. The highest BCUT2D eigenvalue weighted by atomic mass is 16.5. The summed E-state index contributed by atoms with van der Waals surface area (Å²) in [4.78, 5) is 2.33.